The van der Waals surface area contributed by atoms with Crippen molar-refractivity contribution in [1.82, 2.24) is 4.98 Å². The molecule has 1 heterocycles. The number of rotatable bonds is 5. The van der Waals surface area contributed by atoms with Gasteiger partial charge in [0.25, 0.3) is 0 Å². The van der Waals surface area contributed by atoms with Crippen molar-refractivity contribution in [2.24, 2.45) is 11.7 Å². The summed E-state index contributed by atoms with van der Waals surface area (Å²) in [6.45, 7) is 5.44. The summed E-state index contributed by atoms with van der Waals surface area (Å²) in [5.74, 6) is 1.63. The average molecular weight is 237 g/mol. The van der Waals surface area contributed by atoms with E-state index >= 15 is 0 Å². The van der Waals surface area contributed by atoms with E-state index in [9.17, 15) is 0 Å². The van der Waals surface area contributed by atoms with Crippen LogP contribution in [0.25, 0.3) is 0 Å². The van der Waals surface area contributed by atoms with Crippen molar-refractivity contribution in [2.45, 2.75) is 20.3 Å². The number of nitrogens with zero attached hydrogens (tertiary/aromatic N) is 2. The number of anilines is 1. The quantitative estimate of drug-likeness (QED) is 0.797. The van der Waals surface area contributed by atoms with Gasteiger partial charge in [-0.05, 0) is 18.1 Å². The smallest absolute Gasteiger partial charge is 0.128 e. The molecule has 1 unspecified atom stereocenters. The SMILES string of the molecule is CCC(C)CN(C)c1ccc(C(N)=S)cn1. The Kier molecular flexibility index (Phi) is 4.68. The maximum absolute atomic E-state index is 5.52. The molecule has 4 heteroatoms. The molecule has 0 aliphatic rings. The lowest BCUT2D eigenvalue weighted by molar-refractivity contribution is 0.558. The molecular weight excluding hydrogens is 218 g/mol. The first-order valence-corrected chi connectivity index (χ1v) is 5.92. The largest absolute Gasteiger partial charge is 0.389 e. The van der Waals surface area contributed by atoms with Gasteiger partial charge in [-0.2, -0.15) is 0 Å². The molecule has 16 heavy (non-hydrogen) atoms. The van der Waals surface area contributed by atoms with Gasteiger partial charge in [-0.15, -0.1) is 0 Å². The van der Waals surface area contributed by atoms with Crippen LogP contribution in [0.5, 0.6) is 0 Å². The summed E-state index contributed by atoms with van der Waals surface area (Å²) in [6.07, 6.45) is 2.90. The first-order valence-electron chi connectivity index (χ1n) is 5.51. The Morgan fingerprint density at radius 3 is 2.69 bits per heavy atom. The summed E-state index contributed by atoms with van der Waals surface area (Å²) in [6, 6.07) is 3.87. The fraction of sp³-hybridized carbons (Fsp3) is 0.500. The van der Waals surface area contributed by atoms with Crippen molar-refractivity contribution in [3.8, 4) is 0 Å². The van der Waals surface area contributed by atoms with E-state index in [1.54, 1.807) is 6.20 Å². The molecule has 1 aromatic rings. The third-order valence-corrected chi connectivity index (χ3v) is 2.94. The second kappa shape index (κ2) is 5.80. The molecular formula is C12H19N3S. The predicted molar refractivity (Wildman–Crippen MR) is 72.8 cm³/mol. The first-order chi connectivity index (χ1) is 7.54. The average Bonchev–Trinajstić information content (AvgIpc) is 2.28. The monoisotopic (exact) mass is 237 g/mol. The summed E-state index contributed by atoms with van der Waals surface area (Å²) in [7, 11) is 2.05. The zero-order valence-corrected chi connectivity index (χ0v) is 10.9. The summed E-state index contributed by atoms with van der Waals surface area (Å²) >= 11 is 4.88. The molecule has 2 N–H and O–H groups in total. The van der Waals surface area contributed by atoms with Crippen molar-refractivity contribution >= 4 is 23.0 Å². The summed E-state index contributed by atoms with van der Waals surface area (Å²) in [5, 5.41) is 0. The van der Waals surface area contributed by atoms with E-state index in [1.807, 2.05) is 12.1 Å². The minimum atomic E-state index is 0.392. The third kappa shape index (κ3) is 3.45. The van der Waals surface area contributed by atoms with Gasteiger partial charge in [-0.1, -0.05) is 32.5 Å². The van der Waals surface area contributed by atoms with Gasteiger partial charge in [0.05, 0.1) is 0 Å². The second-order valence-electron chi connectivity index (χ2n) is 4.16. The number of nitrogens with two attached hydrogens (primary N) is 1. The Morgan fingerprint density at radius 1 is 1.56 bits per heavy atom. The maximum Gasteiger partial charge on any atom is 0.128 e. The topological polar surface area (TPSA) is 42.1 Å². The van der Waals surface area contributed by atoms with Gasteiger partial charge in [-0.25, -0.2) is 4.98 Å². The van der Waals surface area contributed by atoms with Crippen LogP contribution in [0, 0.1) is 5.92 Å². The Balaban J connectivity index is 2.70. The molecule has 0 spiro atoms. The van der Waals surface area contributed by atoms with Crippen LogP contribution in [0.1, 0.15) is 25.8 Å². The fourth-order valence-corrected chi connectivity index (χ4v) is 1.57. The molecule has 0 saturated carbocycles. The number of pyridine rings is 1. The number of hydrogen-bond acceptors (Lipinski definition) is 3. The minimum absolute atomic E-state index is 0.392. The standard InChI is InChI=1S/C12H19N3S/c1-4-9(2)8-15(3)11-6-5-10(7-14-11)12(13)16/h5-7,9H,4,8H2,1-3H3,(H2,13,16). The molecule has 1 atom stereocenters. The molecule has 1 aromatic heterocycles. The zero-order chi connectivity index (χ0) is 12.1. The molecule has 1 rings (SSSR count). The highest BCUT2D eigenvalue weighted by molar-refractivity contribution is 7.80. The van der Waals surface area contributed by atoms with Gasteiger partial charge in [0.15, 0.2) is 0 Å². The lowest BCUT2D eigenvalue weighted by Gasteiger charge is -2.21. The Bertz CT molecular complexity index is 348. The lowest BCUT2D eigenvalue weighted by Crippen LogP contribution is -2.24. The Hall–Kier alpha value is -1.16. The van der Waals surface area contributed by atoms with Crippen molar-refractivity contribution < 1.29 is 0 Å². The van der Waals surface area contributed by atoms with E-state index in [4.69, 9.17) is 18.0 Å². The number of hydrogen-bond donors (Lipinski definition) is 1. The molecule has 0 aliphatic carbocycles. The number of thiocarbonyl (C=S) groups is 1. The molecule has 0 aliphatic heterocycles. The highest BCUT2D eigenvalue weighted by Gasteiger charge is 2.06. The van der Waals surface area contributed by atoms with Crippen LogP contribution in [0.4, 0.5) is 5.82 Å². The predicted octanol–water partition coefficient (Wildman–Crippen LogP) is 2.20. The first kappa shape index (κ1) is 12.9. The van der Waals surface area contributed by atoms with Crippen molar-refractivity contribution in [3.05, 3.63) is 23.9 Å². The van der Waals surface area contributed by atoms with Crippen LogP contribution in [-0.2, 0) is 0 Å². The van der Waals surface area contributed by atoms with E-state index in [1.165, 1.54) is 6.42 Å². The van der Waals surface area contributed by atoms with Crippen molar-refractivity contribution in [1.29, 1.82) is 0 Å². The fourth-order valence-electron chi connectivity index (χ4n) is 1.45. The Labute approximate surface area is 103 Å². The Morgan fingerprint density at radius 2 is 2.25 bits per heavy atom. The van der Waals surface area contributed by atoms with Crippen LogP contribution in [0.3, 0.4) is 0 Å². The normalized spacial score (nSPS) is 12.2. The summed E-state index contributed by atoms with van der Waals surface area (Å²) < 4.78 is 0. The van der Waals surface area contributed by atoms with Crippen molar-refractivity contribution in [3.63, 3.8) is 0 Å². The van der Waals surface area contributed by atoms with E-state index in [2.05, 4.69) is 30.8 Å². The molecule has 0 bridgehead atoms. The zero-order valence-electron chi connectivity index (χ0n) is 10.1. The molecule has 0 amide bonds. The van der Waals surface area contributed by atoms with Gasteiger partial charge in [-0.3, -0.25) is 0 Å². The van der Waals surface area contributed by atoms with E-state index in [0.717, 1.165) is 17.9 Å². The van der Waals surface area contributed by atoms with Gasteiger partial charge in [0.2, 0.25) is 0 Å². The summed E-state index contributed by atoms with van der Waals surface area (Å²) in [5.41, 5.74) is 6.34. The molecule has 0 aromatic carbocycles. The van der Waals surface area contributed by atoms with Crippen LogP contribution in [0.15, 0.2) is 18.3 Å². The molecule has 88 valence electrons. The maximum atomic E-state index is 5.52. The molecule has 0 saturated heterocycles. The van der Waals surface area contributed by atoms with Gasteiger partial charge < -0.3 is 10.6 Å². The van der Waals surface area contributed by atoms with Gasteiger partial charge in [0, 0.05) is 25.4 Å². The van der Waals surface area contributed by atoms with Gasteiger partial charge in [0.1, 0.15) is 10.8 Å². The molecule has 0 fully saturated rings. The van der Waals surface area contributed by atoms with Crippen LogP contribution < -0.4 is 10.6 Å². The molecule has 0 radical (unpaired) electrons. The van der Waals surface area contributed by atoms with E-state index < -0.39 is 0 Å². The minimum Gasteiger partial charge on any atom is -0.389 e. The van der Waals surface area contributed by atoms with Crippen LogP contribution in [-0.4, -0.2) is 23.6 Å². The third-order valence-electron chi connectivity index (χ3n) is 2.71. The molecule has 3 nitrogen and oxygen atoms in total. The highest BCUT2D eigenvalue weighted by atomic mass is 32.1. The van der Waals surface area contributed by atoms with Crippen LogP contribution in [0.2, 0.25) is 0 Å². The lowest BCUT2D eigenvalue weighted by atomic mass is 10.1. The summed E-state index contributed by atoms with van der Waals surface area (Å²) in [4.78, 5) is 6.89. The highest BCUT2D eigenvalue weighted by Crippen LogP contribution is 2.12. The second-order valence-corrected chi connectivity index (χ2v) is 4.60. The van der Waals surface area contributed by atoms with E-state index in [-0.39, 0.29) is 0 Å². The van der Waals surface area contributed by atoms with E-state index in [0.29, 0.717) is 10.9 Å². The van der Waals surface area contributed by atoms with Gasteiger partial charge >= 0.3 is 0 Å². The number of aromatic nitrogens is 1. The van der Waals surface area contributed by atoms with Crippen LogP contribution >= 0.6 is 12.2 Å². The van der Waals surface area contributed by atoms with Crippen molar-refractivity contribution in [2.75, 3.05) is 18.5 Å².